The second-order valence-electron chi connectivity index (χ2n) is 7.66. The number of aromatic nitrogens is 2. The van der Waals surface area contributed by atoms with Crippen molar-refractivity contribution in [2.24, 2.45) is 0 Å². The van der Waals surface area contributed by atoms with Gasteiger partial charge in [0.05, 0.1) is 30.6 Å². The summed E-state index contributed by atoms with van der Waals surface area (Å²) in [6.45, 7) is 5.07. The Morgan fingerprint density at radius 3 is 2.62 bits per heavy atom. The summed E-state index contributed by atoms with van der Waals surface area (Å²) in [6.07, 6.45) is 7.29. The second kappa shape index (κ2) is 9.22. The van der Waals surface area contributed by atoms with Gasteiger partial charge in [-0.2, -0.15) is 0 Å². The number of rotatable bonds is 5. The third-order valence-electron chi connectivity index (χ3n) is 5.61. The van der Waals surface area contributed by atoms with Gasteiger partial charge in [0.15, 0.2) is 0 Å². The Labute approximate surface area is 171 Å². The van der Waals surface area contributed by atoms with Crippen LogP contribution in [0.2, 0.25) is 0 Å². The maximum Gasteiger partial charge on any atom is 0.253 e. The lowest BCUT2D eigenvalue weighted by Gasteiger charge is -2.30. The van der Waals surface area contributed by atoms with E-state index in [1.165, 1.54) is 0 Å². The van der Waals surface area contributed by atoms with Crippen molar-refractivity contribution in [3.8, 4) is 5.75 Å². The number of ether oxygens (including phenoxy) is 2. The lowest BCUT2D eigenvalue weighted by molar-refractivity contribution is 0.0892. The van der Waals surface area contributed by atoms with E-state index in [1.807, 2.05) is 31.2 Å². The van der Waals surface area contributed by atoms with Gasteiger partial charge in [-0.15, -0.1) is 0 Å². The molecular formula is C22H28N4O3. The number of carbonyl (C=O) groups is 1. The Balaban J connectivity index is 1.26. The molecule has 7 nitrogen and oxygen atoms in total. The number of hydrogen-bond acceptors (Lipinski definition) is 6. The van der Waals surface area contributed by atoms with Crippen LogP contribution in [0.3, 0.4) is 0 Å². The maximum atomic E-state index is 12.6. The normalized spacial score (nSPS) is 22.2. The number of carbonyl (C=O) groups excluding carboxylic acids is 1. The molecule has 1 aliphatic heterocycles. The predicted octanol–water partition coefficient (Wildman–Crippen LogP) is 2.74. The first-order valence-corrected chi connectivity index (χ1v) is 10.4. The van der Waals surface area contributed by atoms with Crippen molar-refractivity contribution in [1.82, 2.24) is 15.3 Å². The van der Waals surface area contributed by atoms with Gasteiger partial charge in [0.25, 0.3) is 5.91 Å². The van der Waals surface area contributed by atoms with E-state index in [2.05, 4.69) is 20.2 Å². The number of pyridine rings is 2. The lowest BCUT2D eigenvalue weighted by Crippen LogP contribution is -2.40. The van der Waals surface area contributed by atoms with Gasteiger partial charge in [-0.3, -0.25) is 9.78 Å². The number of nitrogens with zero attached hydrogens (tertiary/aromatic N) is 3. The van der Waals surface area contributed by atoms with Gasteiger partial charge in [-0.05, 0) is 56.9 Å². The van der Waals surface area contributed by atoms with E-state index in [9.17, 15) is 4.79 Å². The third kappa shape index (κ3) is 5.03. The van der Waals surface area contributed by atoms with E-state index < -0.39 is 0 Å². The predicted molar refractivity (Wildman–Crippen MR) is 110 cm³/mol. The molecule has 0 atom stereocenters. The minimum Gasteiger partial charge on any atom is -0.489 e. The monoisotopic (exact) mass is 396 g/mol. The van der Waals surface area contributed by atoms with E-state index in [4.69, 9.17) is 9.47 Å². The zero-order valence-electron chi connectivity index (χ0n) is 16.8. The Bertz CT molecular complexity index is 813. The first-order chi connectivity index (χ1) is 14.2. The summed E-state index contributed by atoms with van der Waals surface area (Å²) in [4.78, 5) is 23.5. The Hall–Kier alpha value is -2.67. The zero-order chi connectivity index (χ0) is 20.1. The van der Waals surface area contributed by atoms with Crippen LogP contribution in [0.15, 0.2) is 36.7 Å². The smallest absolute Gasteiger partial charge is 0.253 e. The van der Waals surface area contributed by atoms with Crippen LogP contribution >= 0.6 is 0 Å². The quantitative estimate of drug-likeness (QED) is 0.838. The summed E-state index contributed by atoms with van der Waals surface area (Å²) in [5.41, 5.74) is 1.52. The van der Waals surface area contributed by atoms with Gasteiger partial charge >= 0.3 is 0 Å². The number of aryl methyl sites for hydroxylation is 1. The molecule has 2 fully saturated rings. The Morgan fingerprint density at radius 1 is 1.14 bits per heavy atom. The molecule has 1 amide bonds. The average Bonchev–Trinajstić information content (AvgIpc) is 2.77. The fraction of sp³-hybridized carbons (Fsp3) is 0.500. The van der Waals surface area contributed by atoms with Crippen LogP contribution in [0.4, 0.5) is 5.82 Å². The fourth-order valence-electron chi connectivity index (χ4n) is 3.87. The van der Waals surface area contributed by atoms with Crippen LogP contribution in [-0.2, 0) is 4.74 Å². The van der Waals surface area contributed by atoms with Crippen LogP contribution in [0, 0.1) is 6.92 Å². The number of hydrogen-bond donors (Lipinski definition) is 1. The maximum absolute atomic E-state index is 12.6. The van der Waals surface area contributed by atoms with E-state index in [0.29, 0.717) is 5.56 Å². The van der Waals surface area contributed by atoms with Gasteiger partial charge in [0.1, 0.15) is 11.6 Å². The molecule has 4 rings (SSSR count). The summed E-state index contributed by atoms with van der Waals surface area (Å²) >= 11 is 0. The summed E-state index contributed by atoms with van der Waals surface area (Å²) in [5, 5.41) is 3.15. The van der Waals surface area contributed by atoms with Crippen molar-refractivity contribution < 1.29 is 14.3 Å². The molecule has 1 N–H and O–H groups in total. The summed E-state index contributed by atoms with van der Waals surface area (Å²) in [7, 11) is 0. The highest BCUT2D eigenvalue weighted by Crippen LogP contribution is 2.25. The minimum absolute atomic E-state index is 0.0569. The number of amides is 1. The first-order valence-electron chi connectivity index (χ1n) is 10.4. The van der Waals surface area contributed by atoms with Crippen molar-refractivity contribution in [3.05, 3.63) is 47.9 Å². The molecule has 1 saturated heterocycles. The molecule has 0 spiro atoms. The molecule has 3 heterocycles. The largest absolute Gasteiger partial charge is 0.489 e. The van der Waals surface area contributed by atoms with Crippen LogP contribution in [0.25, 0.3) is 0 Å². The number of nitrogens with one attached hydrogen (secondary N) is 1. The summed E-state index contributed by atoms with van der Waals surface area (Å²) in [5.74, 6) is 1.69. The number of morpholine rings is 1. The molecule has 0 unspecified atom stereocenters. The highest BCUT2D eigenvalue weighted by atomic mass is 16.5. The van der Waals surface area contributed by atoms with Crippen molar-refractivity contribution in [2.45, 2.75) is 44.8 Å². The molecule has 1 aliphatic carbocycles. The van der Waals surface area contributed by atoms with E-state index in [0.717, 1.165) is 69.2 Å². The topological polar surface area (TPSA) is 76.6 Å². The second-order valence-corrected chi connectivity index (χ2v) is 7.66. The zero-order valence-corrected chi connectivity index (χ0v) is 16.8. The Kier molecular flexibility index (Phi) is 6.24. The molecule has 2 aromatic heterocycles. The van der Waals surface area contributed by atoms with Crippen LogP contribution < -0.4 is 15.0 Å². The van der Waals surface area contributed by atoms with Crippen molar-refractivity contribution >= 4 is 11.7 Å². The van der Waals surface area contributed by atoms with Crippen LogP contribution in [-0.4, -0.2) is 54.3 Å². The van der Waals surface area contributed by atoms with E-state index in [1.54, 1.807) is 12.4 Å². The molecule has 2 aromatic rings. The third-order valence-corrected chi connectivity index (χ3v) is 5.61. The molecular weight excluding hydrogens is 368 g/mol. The van der Waals surface area contributed by atoms with Gasteiger partial charge in [0, 0.05) is 31.5 Å². The van der Waals surface area contributed by atoms with Crippen LogP contribution in [0.5, 0.6) is 5.75 Å². The van der Waals surface area contributed by atoms with Crippen molar-refractivity contribution in [2.75, 3.05) is 31.2 Å². The van der Waals surface area contributed by atoms with Gasteiger partial charge in [-0.1, -0.05) is 0 Å². The number of anilines is 1. The van der Waals surface area contributed by atoms with E-state index in [-0.39, 0.29) is 18.1 Å². The summed E-state index contributed by atoms with van der Waals surface area (Å²) < 4.78 is 11.5. The molecule has 7 heteroatoms. The SMILES string of the molecule is Cc1ncccc1OC1CCC(NC(=O)c2ccc(N3CCOCC3)nc2)CC1. The molecule has 0 aromatic carbocycles. The lowest BCUT2D eigenvalue weighted by atomic mass is 9.92. The van der Waals surface area contributed by atoms with Crippen molar-refractivity contribution in [3.63, 3.8) is 0 Å². The molecule has 2 aliphatic rings. The Morgan fingerprint density at radius 2 is 1.93 bits per heavy atom. The van der Waals surface area contributed by atoms with E-state index >= 15 is 0 Å². The highest BCUT2D eigenvalue weighted by Gasteiger charge is 2.24. The highest BCUT2D eigenvalue weighted by molar-refractivity contribution is 5.94. The average molecular weight is 396 g/mol. The van der Waals surface area contributed by atoms with Crippen LogP contribution in [0.1, 0.15) is 41.7 Å². The first kappa shape index (κ1) is 19.6. The molecule has 1 saturated carbocycles. The minimum atomic E-state index is -0.0569. The fourth-order valence-corrected chi connectivity index (χ4v) is 3.87. The standard InChI is InChI=1S/C22H28N4O3/c1-16-20(3-2-10-23-16)29-19-7-5-18(6-8-19)25-22(27)17-4-9-21(24-15-17)26-11-13-28-14-12-26/h2-4,9-10,15,18-19H,5-8,11-14H2,1H3,(H,25,27). The molecule has 154 valence electrons. The molecule has 0 bridgehead atoms. The van der Waals surface area contributed by atoms with Gasteiger partial charge < -0.3 is 19.7 Å². The van der Waals surface area contributed by atoms with Gasteiger partial charge in [0.2, 0.25) is 0 Å². The van der Waals surface area contributed by atoms with Gasteiger partial charge in [-0.25, -0.2) is 4.98 Å². The molecule has 29 heavy (non-hydrogen) atoms. The molecule has 0 radical (unpaired) electrons. The van der Waals surface area contributed by atoms with Crippen molar-refractivity contribution in [1.29, 1.82) is 0 Å². The summed E-state index contributed by atoms with van der Waals surface area (Å²) in [6, 6.07) is 7.81.